The standard InChI is InChI=1S/C32H40ClN7O6S/c1-31(2,3)46-30(42)34-19-13-23-21(24(33)14-19)9-7-10-32(23)16-26-22(18-45-32)27(36-29(35-26)47(6,43)44)39-11-8-12-40-20(17-39)15-25(37-40)28(41)38(4)5/h13-15H,7-12,16-18H2,1-6H3,(H,34,42). The summed E-state index contributed by atoms with van der Waals surface area (Å²) in [7, 11) is -0.402. The summed E-state index contributed by atoms with van der Waals surface area (Å²) in [6.07, 6.45) is 3.72. The maximum atomic E-state index is 12.9. The topological polar surface area (TPSA) is 149 Å². The summed E-state index contributed by atoms with van der Waals surface area (Å²) in [5.41, 5.74) is 3.24. The summed E-state index contributed by atoms with van der Waals surface area (Å²) >= 11 is 6.78. The lowest BCUT2D eigenvalue weighted by molar-refractivity contribution is -0.0855. The van der Waals surface area contributed by atoms with Crippen LogP contribution >= 0.6 is 11.6 Å². The van der Waals surface area contributed by atoms with E-state index in [0.717, 1.165) is 41.5 Å². The van der Waals surface area contributed by atoms with Gasteiger partial charge in [-0.25, -0.2) is 23.2 Å². The molecule has 0 fully saturated rings. The van der Waals surface area contributed by atoms with Crippen LogP contribution in [0.2, 0.25) is 5.02 Å². The maximum absolute atomic E-state index is 12.9. The molecule has 2 amide bonds. The summed E-state index contributed by atoms with van der Waals surface area (Å²) in [5, 5.41) is 7.59. The molecule has 1 unspecified atom stereocenters. The minimum Gasteiger partial charge on any atom is -0.444 e. The molecule has 3 aromatic rings. The first-order chi connectivity index (χ1) is 22.0. The smallest absolute Gasteiger partial charge is 0.412 e. The SMILES string of the molecule is CN(C)C(=O)c1cc2n(n1)CCCN(c1nc(S(C)(=O)=O)nc3c1COC1(CCCc4c(Cl)cc(NC(=O)OC(C)(C)C)cc41)C3)C2. The zero-order chi connectivity index (χ0) is 33.9. The molecule has 6 rings (SSSR count). The lowest BCUT2D eigenvalue weighted by Crippen LogP contribution is -2.41. The maximum Gasteiger partial charge on any atom is 0.412 e. The highest BCUT2D eigenvalue weighted by atomic mass is 35.5. The van der Waals surface area contributed by atoms with Gasteiger partial charge in [-0.2, -0.15) is 5.10 Å². The van der Waals surface area contributed by atoms with Crippen LogP contribution in [0, 0.1) is 0 Å². The molecule has 3 aliphatic rings. The van der Waals surface area contributed by atoms with Crippen LogP contribution in [0.4, 0.5) is 16.3 Å². The fourth-order valence-electron chi connectivity index (χ4n) is 6.53. The van der Waals surface area contributed by atoms with Crippen LogP contribution in [0.3, 0.4) is 0 Å². The fraction of sp³-hybridized carbons (Fsp3) is 0.531. The van der Waals surface area contributed by atoms with Gasteiger partial charge in [0.25, 0.3) is 5.91 Å². The zero-order valence-corrected chi connectivity index (χ0v) is 29.1. The van der Waals surface area contributed by atoms with E-state index >= 15 is 0 Å². The largest absolute Gasteiger partial charge is 0.444 e. The summed E-state index contributed by atoms with van der Waals surface area (Å²) in [4.78, 5) is 38.0. The van der Waals surface area contributed by atoms with Gasteiger partial charge in [0.15, 0.2) is 5.69 Å². The number of sulfone groups is 1. The van der Waals surface area contributed by atoms with E-state index < -0.39 is 27.1 Å². The number of nitrogens with zero attached hydrogens (tertiary/aromatic N) is 6. The van der Waals surface area contributed by atoms with Gasteiger partial charge >= 0.3 is 6.09 Å². The van der Waals surface area contributed by atoms with Crippen molar-refractivity contribution in [2.24, 2.45) is 0 Å². The average Bonchev–Trinajstić information content (AvgIpc) is 3.26. The molecule has 1 N–H and O–H groups in total. The van der Waals surface area contributed by atoms with Gasteiger partial charge in [0.2, 0.25) is 15.0 Å². The number of hydrogen-bond donors (Lipinski definition) is 1. The Bertz CT molecular complexity index is 1870. The Hall–Kier alpha value is -3.75. The van der Waals surface area contributed by atoms with Crippen LogP contribution in [-0.4, -0.2) is 77.6 Å². The number of benzene rings is 1. The predicted octanol–water partition coefficient (Wildman–Crippen LogP) is 4.49. The number of anilines is 2. The molecule has 13 nitrogen and oxygen atoms in total. The van der Waals surface area contributed by atoms with Crippen molar-refractivity contribution in [1.29, 1.82) is 0 Å². The van der Waals surface area contributed by atoms with E-state index in [1.165, 1.54) is 4.90 Å². The van der Waals surface area contributed by atoms with Crippen molar-refractivity contribution < 1.29 is 27.5 Å². The zero-order valence-electron chi connectivity index (χ0n) is 27.5. The Morgan fingerprint density at radius 3 is 2.57 bits per heavy atom. The molecule has 2 aliphatic heterocycles. The molecule has 252 valence electrons. The number of halogens is 1. The van der Waals surface area contributed by atoms with E-state index in [1.54, 1.807) is 47.0 Å². The van der Waals surface area contributed by atoms with Crippen LogP contribution in [0.1, 0.15) is 78.6 Å². The van der Waals surface area contributed by atoms with E-state index in [9.17, 15) is 18.0 Å². The first-order valence-corrected chi connectivity index (χ1v) is 17.9. The van der Waals surface area contributed by atoms with Gasteiger partial charge in [-0.15, -0.1) is 0 Å². The van der Waals surface area contributed by atoms with E-state index in [1.807, 2.05) is 15.6 Å². The Morgan fingerprint density at radius 1 is 1.11 bits per heavy atom. The first-order valence-electron chi connectivity index (χ1n) is 15.6. The van der Waals surface area contributed by atoms with Crippen molar-refractivity contribution >= 4 is 44.9 Å². The van der Waals surface area contributed by atoms with E-state index in [4.69, 9.17) is 21.1 Å². The quantitative estimate of drug-likeness (QED) is 0.389. The molecule has 1 aromatic carbocycles. The Morgan fingerprint density at radius 2 is 1.87 bits per heavy atom. The minimum atomic E-state index is -3.77. The van der Waals surface area contributed by atoms with Crippen LogP contribution < -0.4 is 10.2 Å². The average molecular weight is 686 g/mol. The second kappa shape index (κ2) is 12.0. The van der Waals surface area contributed by atoms with Crippen LogP contribution in [0.5, 0.6) is 0 Å². The highest BCUT2D eigenvalue weighted by molar-refractivity contribution is 7.90. The van der Waals surface area contributed by atoms with Crippen molar-refractivity contribution in [3.05, 3.63) is 57.0 Å². The molecule has 1 aliphatic carbocycles. The molecule has 4 heterocycles. The molecule has 47 heavy (non-hydrogen) atoms. The molecule has 0 saturated heterocycles. The third-order valence-electron chi connectivity index (χ3n) is 8.61. The van der Waals surface area contributed by atoms with Crippen molar-refractivity contribution in [1.82, 2.24) is 24.6 Å². The third kappa shape index (κ3) is 6.68. The second-order valence-electron chi connectivity index (χ2n) is 13.7. The number of carbonyl (C=O) groups is 2. The Labute approximate surface area is 279 Å². The monoisotopic (exact) mass is 685 g/mol. The van der Waals surface area contributed by atoms with Crippen LogP contribution in [0.15, 0.2) is 23.4 Å². The highest BCUT2D eigenvalue weighted by Gasteiger charge is 2.44. The number of hydrogen-bond acceptors (Lipinski definition) is 10. The fourth-order valence-corrected chi connectivity index (χ4v) is 7.38. The highest BCUT2D eigenvalue weighted by Crippen LogP contribution is 2.48. The molecule has 0 saturated carbocycles. The number of amides is 2. The van der Waals surface area contributed by atoms with Gasteiger partial charge in [-0.1, -0.05) is 11.6 Å². The van der Waals surface area contributed by atoms with Gasteiger partial charge in [0.05, 0.1) is 30.1 Å². The van der Waals surface area contributed by atoms with Crippen LogP contribution in [0.25, 0.3) is 0 Å². The molecule has 2 aromatic heterocycles. The van der Waals surface area contributed by atoms with Crippen molar-refractivity contribution in [2.45, 2.75) is 88.9 Å². The number of rotatable bonds is 4. The van der Waals surface area contributed by atoms with Crippen molar-refractivity contribution in [2.75, 3.05) is 37.1 Å². The summed E-state index contributed by atoms with van der Waals surface area (Å²) in [6, 6.07) is 5.37. The van der Waals surface area contributed by atoms with E-state index in [0.29, 0.717) is 66.8 Å². The predicted molar refractivity (Wildman–Crippen MR) is 175 cm³/mol. The molecule has 15 heteroatoms. The van der Waals surface area contributed by atoms with Crippen molar-refractivity contribution in [3.63, 3.8) is 0 Å². The molecular weight excluding hydrogens is 646 g/mol. The van der Waals surface area contributed by atoms with Gasteiger partial charge in [0.1, 0.15) is 11.4 Å². The normalized spacial score (nSPS) is 19.3. The van der Waals surface area contributed by atoms with Crippen LogP contribution in [-0.2, 0) is 57.5 Å². The lowest BCUT2D eigenvalue weighted by atomic mass is 9.74. The number of fused-ring (bicyclic) bond motifs is 4. The molecule has 1 spiro atoms. The van der Waals surface area contributed by atoms with E-state index in [-0.39, 0.29) is 17.7 Å². The number of ether oxygens (including phenoxy) is 2. The third-order valence-corrected chi connectivity index (χ3v) is 9.79. The van der Waals surface area contributed by atoms with Crippen molar-refractivity contribution in [3.8, 4) is 0 Å². The van der Waals surface area contributed by atoms with Gasteiger partial charge in [0, 0.05) is 56.1 Å². The molecular formula is C32H40ClN7O6S. The first kappa shape index (κ1) is 33.2. The minimum absolute atomic E-state index is 0.148. The molecule has 0 radical (unpaired) electrons. The molecule has 1 atom stereocenters. The lowest BCUT2D eigenvalue weighted by Gasteiger charge is -2.43. The summed E-state index contributed by atoms with van der Waals surface area (Å²) < 4.78 is 39.9. The van der Waals surface area contributed by atoms with E-state index in [2.05, 4.69) is 20.4 Å². The Balaban J connectivity index is 1.38. The Kier molecular flexibility index (Phi) is 8.50. The summed E-state index contributed by atoms with van der Waals surface area (Å²) in [6.45, 7) is 7.10. The number of aromatic nitrogens is 4. The van der Waals surface area contributed by atoms with Gasteiger partial charge in [-0.05, 0) is 75.8 Å². The van der Waals surface area contributed by atoms with Gasteiger partial charge in [-0.3, -0.25) is 14.8 Å². The molecule has 0 bridgehead atoms. The number of carbonyl (C=O) groups excluding carboxylic acids is 2. The second-order valence-corrected chi connectivity index (χ2v) is 16.0. The number of aryl methyl sites for hydroxylation is 1. The number of nitrogens with one attached hydrogen (secondary N) is 1. The summed E-state index contributed by atoms with van der Waals surface area (Å²) in [5.74, 6) is 0.307. The van der Waals surface area contributed by atoms with Gasteiger partial charge < -0.3 is 19.3 Å².